The van der Waals surface area contributed by atoms with E-state index in [1.807, 2.05) is 0 Å². The molecule has 0 aliphatic carbocycles. The molecule has 4 heterocycles. The van der Waals surface area contributed by atoms with Crippen LogP contribution in [0, 0.1) is 0 Å². The van der Waals surface area contributed by atoms with Crippen LogP contribution >= 0.6 is 24.1 Å². The van der Waals surface area contributed by atoms with E-state index < -0.39 is 0 Å². The normalized spacial score (nSPS) is 30.9. The standard InChI is InChI=1S/2C5H5NO2S/c2*7-4-3-5-6(4)1-2-8-9-5/h2*1-2,5H,3H2/t2*5-/m11/s1. The first-order chi connectivity index (χ1) is 8.75. The fourth-order valence-corrected chi connectivity index (χ4v) is 3.16. The number of fused-ring (bicyclic) bond motifs is 2. The molecule has 2 fully saturated rings. The molecule has 18 heavy (non-hydrogen) atoms. The van der Waals surface area contributed by atoms with Crippen LogP contribution in [0.25, 0.3) is 0 Å². The van der Waals surface area contributed by atoms with Crippen LogP contribution in [0.2, 0.25) is 0 Å². The predicted octanol–water partition coefficient (Wildman–Crippen LogP) is 1.39. The van der Waals surface area contributed by atoms with Gasteiger partial charge < -0.3 is 8.37 Å². The van der Waals surface area contributed by atoms with E-state index in [0.29, 0.717) is 12.8 Å². The maximum atomic E-state index is 10.7. The van der Waals surface area contributed by atoms with E-state index in [0.717, 1.165) is 0 Å². The van der Waals surface area contributed by atoms with Crippen molar-refractivity contribution in [2.24, 2.45) is 0 Å². The topological polar surface area (TPSA) is 59.1 Å². The predicted molar refractivity (Wildman–Crippen MR) is 66.1 cm³/mol. The summed E-state index contributed by atoms with van der Waals surface area (Å²) in [6.07, 6.45) is 7.64. The quantitative estimate of drug-likeness (QED) is 0.495. The summed E-state index contributed by atoms with van der Waals surface area (Å²) in [7, 11) is 0. The summed E-state index contributed by atoms with van der Waals surface area (Å²) in [5, 5.41) is 0.505. The molecular weight excluding hydrogens is 276 g/mol. The molecule has 96 valence electrons. The van der Waals surface area contributed by atoms with Gasteiger partial charge in [-0.1, -0.05) is 0 Å². The molecular formula is C10H10N2O4S2. The summed E-state index contributed by atoms with van der Waals surface area (Å²) >= 11 is 2.67. The van der Waals surface area contributed by atoms with Crippen molar-refractivity contribution < 1.29 is 18.0 Å². The lowest BCUT2D eigenvalue weighted by molar-refractivity contribution is -0.138. The van der Waals surface area contributed by atoms with Crippen LogP contribution in [0.5, 0.6) is 0 Å². The van der Waals surface area contributed by atoms with Gasteiger partial charge in [-0.05, 0) is 0 Å². The van der Waals surface area contributed by atoms with E-state index in [1.54, 1.807) is 22.2 Å². The lowest BCUT2D eigenvalue weighted by Gasteiger charge is -2.37. The van der Waals surface area contributed by atoms with Crippen molar-refractivity contribution in [1.29, 1.82) is 0 Å². The molecule has 0 aromatic heterocycles. The Labute approximate surface area is 112 Å². The average molecular weight is 286 g/mol. The summed E-state index contributed by atoms with van der Waals surface area (Å²) in [4.78, 5) is 24.7. The fraction of sp³-hybridized carbons (Fsp3) is 0.400. The molecule has 8 heteroatoms. The van der Waals surface area contributed by atoms with Gasteiger partial charge in [-0.3, -0.25) is 19.4 Å². The lowest BCUT2D eigenvalue weighted by Crippen LogP contribution is -2.48. The van der Waals surface area contributed by atoms with Crippen molar-refractivity contribution in [2.75, 3.05) is 0 Å². The van der Waals surface area contributed by atoms with Crippen molar-refractivity contribution in [3.63, 3.8) is 0 Å². The molecule has 2 amide bonds. The minimum Gasteiger partial charge on any atom is -0.430 e. The summed E-state index contributed by atoms with van der Waals surface area (Å²) in [5.74, 6) is 0.374. The molecule has 0 unspecified atom stereocenters. The van der Waals surface area contributed by atoms with Crippen molar-refractivity contribution in [1.82, 2.24) is 9.80 Å². The van der Waals surface area contributed by atoms with E-state index in [-0.39, 0.29) is 22.6 Å². The number of nitrogens with zero attached hydrogens (tertiary/aromatic N) is 2. The number of carbonyl (C=O) groups is 2. The second kappa shape index (κ2) is 4.77. The zero-order chi connectivity index (χ0) is 12.5. The minimum atomic E-state index is 0.187. The first kappa shape index (κ1) is 11.8. The molecule has 2 saturated heterocycles. The van der Waals surface area contributed by atoms with Crippen LogP contribution in [0.1, 0.15) is 12.8 Å². The van der Waals surface area contributed by atoms with Gasteiger partial charge in [0.15, 0.2) is 0 Å². The Hall–Kier alpha value is -1.28. The van der Waals surface area contributed by atoms with Gasteiger partial charge in [0, 0.05) is 12.4 Å². The summed E-state index contributed by atoms with van der Waals surface area (Å²) in [6.45, 7) is 0. The van der Waals surface area contributed by atoms with Gasteiger partial charge in [-0.25, -0.2) is 0 Å². The molecule has 0 aromatic rings. The zero-order valence-electron chi connectivity index (χ0n) is 9.22. The Bertz CT molecular complexity index is 400. The first-order valence-corrected chi connectivity index (χ1v) is 6.96. The summed E-state index contributed by atoms with van der Waals surface area (Å²) in [6, 6.07) is 0. The van der Waals surface area contributed by atoms with Crippen LogP contribution in [-0.2, 0) is 18.0 Å². The van der Waals surface area contributed by atoms with Crippen LogP contribution in [0.15, 0.2) is 24.9 Å². The largest absolute Gasteiger partial charge is 0.430 e. The van der Waals surface area contributed by atoms with Gasteiger partial charge >= 0.3 is 0 Å². The van der Waals surface area contributed by atoms with E-state index >= 15 is 0 Å². The third kappa shape index (κ3) is 2.05. The second-order valence-electron chi connectivity index (χ2n) is 3.87. The lowest BCUT2D eigenvalue weighted by atomic mass is 10.2. The summed E-state index contributed by atoms with van der Waals surface area (Å²) < 4.78 is 9.79. The molecule has 4 aliphatic rings. The van der Waals surface area contributed by atoms with Gasteiger partial charge in [0.25, 0.3) is 0 Å². The monoisotopic (exact) mass is 286 g/mol. The fourth-order valence-electron chi connectivity index (χ4n) is 1.69. The highest BCUT2D eigenvalue weighted by molar-refractivity contribution is 7.95. The van der Waals surface area contributed by atoms with Gasteiger partial charge in [0.2, 0.25) is 11.8 Å². The Kier molecular flexibility index (Phi) is 3.13. The smallest absolute Gasteiger partial charge is 0.230 e. The van der Waals surface area contributed by atoms with Gasteiger partial charge in [0.1, 0.15) is 23.3 Å². The molecule has 2 atom stereocenters. The molecule has 0 bridgehead atoms. The average Bonchev–Trinajstić information content (AvgIpc) is 2.37. The van der Waals surface area contributed by atoms with Crippen molar-refractivity contribution in [3.05, 3.63) is 24.9 Å². The number of hydrogen-bond acceptors (Lipinski definition) is 6. The Balaban J connectivity index is 0.000000111. The van der Waals surface area contributed by atoms with Gasteiger partial charge in [-0.2, -0.15) is 0 Å². The molecule has 4 rings (SSSR count). The van der Waals surface area contributed by atoms with E-state index in [4.69, 9.17) is 8.37 Å². The third-order valence-electron chi connectivity index (χ3n) is 2.78. The minimum absolute atomic E-state index is 0.187. The highest BCUT2D eigenvalue weighted by atomic mass is 32.2. The van der Waals surface area contributed by atoms with Crippen LogP contribution in [0.4, 0.5) is 0 Å². The van der Waals surface area contributed by atoms with Gasteiger partial charge in [-0.15, -0.1) is 0 Å². The maximum absolute atomic E-state index is 10.7. The summed E-state index contributed by atoms with van der Waals surface area (Å²) in [5.41, 5.74) is 0. The number of amides is 2. The van der Waals surface area contributed by atoms with E-state index in [2.05, 4.69) is 0 Å². The molecule has 0 spiro atoms. The highest BCUT2D eigenvalue weighted by Crippen LogP contribution is 2.34. The Morgan fingerprint density at radius 1 is 0.944 bits per heavy atom. The number of hydrogen-bond donors (Lipinski definition) is 0. The third-order valence-corrected chi connectivity index (χ3v) is 4.46. The molecule has 4 aliphatic heterocycles. The zero-order valence-corrected chi connectivity index (χ0v) is 10.9. The molecule has 0 saturated carbocycles. The van der Waals surface area contributed by atoms with Crippen LogP contribution in [0.3, 0.4) is 0 Å². The number of β-lactam (4-membered cyclic amide) rings is 2. The van der Waals surface area contributed by atoms with E-state index in [9.17, 15) is 9.59 Å². The Morgan fingerprint density at radius 2 is 1.39 bits per heavy atom. The van der Waals surface area contributed by atoms with Crippen molar-refractivity contribution in [3.8, 4) is 0 Å². The molecule has 6 nitrogen and oxygen atoms in total. The van der Waals surface area contributed by atoms with Crippen LogP contribution < -0.4 is 0 Å². The molecule has 0 aromatic carbocycles. The van der Waals surface area contributed by atoms with Gasteiger partial charge in [0.05, 0.1) is 36.9 Å². The second-order valence-corrected chi connectivity index (χ2v) is 5.73. The SMILES string of the molecule is O=C1C[C@H]2SOC=CN12.O=C1C[C@H]2SOC=CN12. The first-order valence-electron chi connectivity index (χ1n) is 5.35. The molecule has 0 N–H and O–H groups in total. The molecule has 0 radical (unpaired) electrons. The van der Waals surface area contributed by atoms with Crippen molar-refractivity contribution in [2.45, 2.75) is 23.6 Å². The number of carbonyl (C=O) groups excluding carboxylic acids is 2. The highest BCUT2D eigenvalue weighted by Gasteiger charge is 2.38. The maximum Gasteiger partial charge on any atom is 0.230 e. The van der Waals surface area contributed by atoms with E-state index in [1.165, 1.54) is 36.6 Å². The van der Waals surface area contributed by atoms with Crippen molar-refractivity contribution >= 4 is 35.9 Å². The van der Waals surface area contributed by atoms with Crippen LogP contribution in [-0.4, -0.2) is 32.4 Å². The number of rotatable bonds is 0. The Morgan fingerprint density at radius 3 is 1.67 bits per heavy atom.